The minimum Gasteiger partial charge on any atom is -0.480 e. The van der Waals surface area contributed by atoms with Crippen LogP contribution in [0.15, 0.2) is 35.5 Å². The number of aliphatic imine (C=N–C) groups is 1. The van der Waals surface area contributed by atoms with Gasteiger partial charge in [-0.05, 0) is 37.3 Å². The lowest BCUT2D eigenvalue weighted by molar-refractivity contribution is -0.149. The second-order valence-corrected chi connectivity index (χ2v) is 8.93. The minimum atomic E-state index is -1.09. The number of hydrogen-bond donors (Lipinski definition) is 7. The van der Waals surface area contributed by atoms with E-state index in [0.29, 0.717) is 19.3 Å². The number of aromatic nitrogens is 1. The number of aromatic amines is 1. The number of likely N-dealkylation sites (tertiary alicyclic amines) is 1. The standard InChI is InChI=1S/C24H34N8O5/c25-12-20(33)30-18(11-14-13-29-16-6-2-1-5-15(14)16)21(34)31-17(7-3-9-28-24(26)27)22(35)32-10-4-8-19(32)23(36)37/h1-2,5-6,13,17-19,29H,3-4,7-12,25H2,(H,30,33)(H,31,34)(H,36,37)(H4,26,27,28). The molecular weight excluding hydrogens is 480 g/mol. The number of nitrogens with two attached hydrogens (primary N) is 3. The molecule has 2 aromatic rings. The van der Waals surface area contributed by atoms with E-state index in [4.69, 9.17) is 17.2 Å². The molecule has 3 unspecified atom stereocenters. The Hall–Kier alpha value is -4.13. The highest BCUT2D eigenvalue weighted by Gasteiger charge is 2.38. The summed E-state index contributed by atoms with van der Waals surface area (Å²) in [5, 5.41) is 15.8. The van der Waals surface area contributed by atoms with E-state index < -0.39 is 41.8 Å². The lowest BCUT2D eigenvalue weighted by Gasteiger charge is -2.28. The number of rotatable bonds is 12. The summed E-state index contributed by atoms with van der Waals surface area (Å²) >= 11 is 0. The summed E-state index contributed by atoms with van der Waals surface area (Å²) in [7, 11) is 0. The quantitative estimate of drug-likeness (QED) is 0.103. The van der Waals surface area contributed by atoms with Gasteiger partial charge < -0.3 is 42.8 Å². The summed E-state index contributed by atoms with van der Waals surface area (Å²) in [4.78, 5) is 58.9. The van der Waals surface area contributed by atoms with Crippen LogP contribution in [0.1, 0.15) is 31.2 Å². The Morgan fingerprint density at radius 3 is 2.62 bits per heavy atom. The number of carboxylic acid groups (broad SMARTS) is 1. The van der Waals surface area contributed by atoms with E-state index in [2.05, 4.69) is 20.6 Å². The number of benzene rings is 1. The van der Waals surface area contributed by atoms with Crippen LogP contribution in [0, 0.1) is 0 Å². The van der Waals surface area contributed by atoms with Crippen LogP contribution in [0.3, 0.4) is 0 Å². The van der Waals surface area contributed by atoms with Crippen molar-refractivity contribution in [2.75, 3.05) is 19.6 Å². The fourth-order valence-corrected chi connectivity index (χ4v) is 4.50. The van der Waals surface area contributed by atoms with E-state index in [1.54, 1.807) is 6.20 Å². The van der Waals surface area contributed by atoms with E-state index in [9.17, 15) is 24.3 Å². The second-order valence-electron chi connectivity index (χ2n) is 8.93. The molecule has 0 spiro atoms. The van der Waals surface area contributed by atoms with Gasteiger partial charge in [0, 0.05) is 36.6 Å². The molecular formula is C24H34N8O5. The fourth-order valence-electron chi connectivity index (χ4n) is 4.50. The second kappa shape index (κ2) is 12.7. The molecule has 0 bridgehead atoms. The summed E-state index contributed by atoms with van der Waals surface area (Å²) in [5.74, 6) is -2.80. The van der Waals surface area contributed by atoms with Crippen molar-refractivity contribution in [2.45, 2.75) is 50.2 Å². The number of nitrogens with zero attached hydrogens (tertiary/aromatic N) is 2. The van der Waals surface area contributed by atoms with Gasteiger partial charge in [-0.25, -0.2) is 4.79 Å². The van der Waals surface area contributed by atoms with Crippen LogP contribution < -0.4 is 27.8 Å². The van der Waals surface area contributed by atoms with Gasteiger partial charge in [-0.15, -0.1) is 0 Å². The van der Waals surface area contributed by atoms with Crippen LogP contribution in [-0.4, -0.2) is 82.4 Å². The highest BCUT2D eigenvalue weighted by molar-refractivity contribution is 5.94. The molecule has 1 saturated heterocycles. The van der Waals surface area contributed by atoms with Crippen molar-refractivity contribution in [3.05, 3.63) is 36.0 Å². The Balaban J connectivity index is 1.81. The first-order chi connectivity index (χ1) is 17.7. The molecule has 13 heteroatoms. The van der Waals surface area contributed by atoms with E-state index in [-0.39, 0.29) is 38.4 Å². The molecule has 2 heterocycles. The number of hydrogen-bond acceptors (Lipinski definition) is 6. The number of amides is 3. The Morgan fingerprint density at radius 1 is 1.16 bits per heavy atom. The largest absolute Gasteiger partial charge is 0.480 e. The Bertz CT molecular complexity index is 1160. The van der Waals surface area contributed by atoms with Gasteiger partial charge in [-0.2, -0.15) is 0 Å². The number of H-pyrrole nitrogens is 1. The summed E-state index contributed by atoms with van der Waals surface area (Å²) in [6.45, 7) is 0.193. The normalized spacial score (nSPS) is 16.7. The number of nitrogens with one attached hydrogen (secondary N) is 3. The summed E-state index contributed by atoms with van der Waals surface area (Å²) < 4.78 is 0. The zero-order chi connectivity index (χ0) is 26.9. The number of carbonyl (C=O) groups excluding carboxylic acids is 3. The molecule has 0 aliphatic carbocycles. The lowest BCUT2D eigenvalue weighted by Crippen LogP contribution is -2.56. The molecule has 3 amide bonds. The van der Waals surface area contributed by atoms with Crippen LogP contribution in [0.2, 0.25) is 0 Å². The van der Waals surface area contributed by atoms with Gasteiger partial charge in [0.05, 0.1) is 6.54 Å². The van der Waals surface area contributed by atoms with Gasteiger partial charge in [0.2, 0.25) is 17.7 Å². The van der Waals surface area contributed by atoms with Crippen LogP contribution in [0.25, 0.3) is 10.9 Å². The Morgan fingerprint density at radius 2 is 1.92 bits per heavy atom. The van der Waals surface area contributed by atoms with E-state index >= 15 is 0 Å². The molecule has 1 aromatic heterocycles. The number of carbonyl (C=O) groups is 4. The molecule has 0 radical (unpaired) electrons. The van der Waals surface area contributed by atoms with Crippen LogP contribution >= 0.6 is 0 Å². The van der Waals surface area contributed by atoms with Crippen molar-refractivity contribution in [1.29, 1.82) is 0 Å². The third-order valence-corrected chi connectivity index (χ3v) is 6.32. The van der Waals surface area contributed by atoms with Gasteiger partial charge >= 0.3 is 5.97 Å². The van der Waals surface area contributed by atoms with Crippen molar-refractivity contribution in [3.8, 4) is 0 Å². The third kappa shape index (κ3) is 7.19. The third-order valence-electron chi connectivity index (χ3n) is 6.32. The molecule has 0 saturated carbocycles. The van der Waals surface area contributed by atoms with Gasteiger partial charge in [0.15, 0.2) is 5.96 Å². The smallest absolute Gasteiger partial charge is 0.326 e. The minimum absolute atomic E-state index is 0.0966. The van der Waals surface area contributed by atoms with Crippen molar-refractivity contribution in [2.24, 2.45) is 22.2 Å². The van der Waals surface area contributed by atoms with Crippen molar-refractivity contribution >= 4 is 40.6 Å². The average molecular weight is 515 g/mol. The van der Waals surface area contributed by atoms with E-state index in [1.807, 2.05) is 24.3 Å². The SMILES string of the molecule is NCC(=O)NC(Cc1c[nH]c2ccccc12)C(=O)NC(CCCN=C(N)N)C(=O)N1CCCC1C(=O)O. The predicted molar refractivity (Wildman–Crippen MR) is 137 cm³/mol. The maximum absolute atomic E-state index is 13.4. The average Bonchev–Trinajstić information content (AvgIpc) is 3.52. The van der Waals surface area contributed by atoms with Gasteiger partial charge in [0.1, 0.15) is 18.1 Å². The van der Waals surface area contributed by atoms with E-state index in [1.165, 1.54) is 4.90 Å². The number of fused-ring (bicyclic) bond motifs is 1. The topological polar surface area (TPSA) is 222 Å². The number of aliphatic carboxylic acids is 1. The Labute approximate surface area is 213 Å². The first-order valence-corrected chi connectivity index (χ1v) is 12.1. The maximum atomic E-state index is 13.4. The number of para-hydroxylation sites is 1. The van der Waals surface area contributed by atoms with E-state index in [0.717, 1.165) is 16.5 Å². The molecule has 3 atom stereocenters. The zero-order valence-corrected chi connectivity index (χ0v) is 20.5. The van der Waals surface area contributed by atoms with Gasteiger partial charge in [-0.3, -0.25) is 19.4 Å². The Kier molecular flexibility index (Phi) is 9.44. The maximum Gasteiger partial charge on any atom is 0.326 e. The molecule has 3 rings (SSSR count). The highest BCUT2D eigenvalue weighted by Crippen LogP contribution is 2.21. The molecule has 1 fully saturated rings. The molecule has 10 N–H and O–H groups in total. The van der Waals surface area contributed by atoms with Crippen LogP contribution in [-0.2, 0) is 25.6 Å². The molecule has 13 nitrogen and oxygen atoms in total. The molecule has 1 aliphatic rings. The van der Waals surface area contributed by atoms with Gasteiger partial charge in [0.25, 0.3) is 0 Å². The first-order valence-electron chi connectivity index (χ1n) is 12.1. The lowest BCUT2D eigenvalue weighted by atomic mass is 10.0. The first kappa shape index (κ1) is 27.5. The monoisotopic (exact) mass is 514 g/mol. The summed E-state index contributed by atoms with van der Waals surface area (Å²) in [6.07, 6.45) is 3.34. The predicted octanol–water partition coefficient (Wildman–Crippen LogP) is -1.23. The number of carboxylic acids is 1. The zero-order valence-electron chi connectivity index (χ0n) is 20.5. The molecule has 37 heavy (non-hydrogen) atoms. The van der Waals surface area contributed by atoms with Crippen LogP contribution in [0.4, 0.5) is 0 Å². The summed E-state index contributed by atoms with van der Waals surface area (Å²) in [5.41, 5.74) is 17.9. The van der Waals surface area contributed by atoms with Gasteiger partial charge in [-0.1, -0.05) is 18.2 Å². The van der Waals surface area contributed by atoms with Crippen molar-refractivity contribution in [1.82, 2.24) is 20.5 Å². The fraction of sp³-hybridized carbons (Fsp3) is 0.458. The van der Waals surface area contributed by atoms with Crippen LogP contribution in [0.5, 0.6) is 0 Å². The van der Waals surface area contributed by atoms with Crippen molar-refractivity contribution < 1.29 is 24.3 Å². The summed E-state index contributed by atoms with van der Waals surface area (Å²) in [6, 6.07) is 4.54. The number of guanidine groups is 1. The molecule has 200 valence electrons. The van der Waals surface area contributed by atoms with Crippen molar-refractivity contribution in [3.63, 3.8) is 0 Å². The molecule has 1 aromatic carbocycles. The highest BCUT2D eigenvalue weighted by atomic mass is 16.4. The molecule has 1 aliphatic heterocycles.